The van der Waals surface area contributed by atoms with Crippen LogP contribution < -0.4 is 0 Å². The molecule has 7 heteroatoms. The van der Waals surface area contributed by atoms with Gasteiger partial charge in [-0.15, -0.1) is 16.7 Å². The molecular formula is C13H20ClN3O2S. The summed E-state index contributed by atoms with van der Waals surface area (Å²) in [6.45, 7) is 7.10. The molecule has 1 aliphatic rings. The van der Waals surface area contributed by atoms with Crippen molar-refractivity contribution in [1.29, 1.82) is 0 Å². The molecule has 1 amide bonds. The van der Waals surface area contributed by atoms with Crippen molar-refractivity contribution in [2.75, 3.05) is 19.0 Å². The molecule has 0 bridgehead atoms. The molecule has 0 spiro atoms. The van der Waals surface area contributed by atoms with E-state index in [0.29, 0.717) is 23.8 Å². The van der Waals surface area contributed by atoms with Crippen LogP contribution in [0.1, 0.15) is 42.6 Å². The summed E-state index contributed by atoms with van der Waals surface area (Å²) in [6.07, 6.45) is 1.61. The molecule has 112 valence electrons. The van der Waals surface area contributed by atoms with E-state index in [1.807, 2.05) is 18.7 Å². The molecule has 1 aromatic rings. The van der Waals surface area contributed by atoms with Gasteiger partial charge in [0.05, 0.1) is 23.3 Å². The second kappa shape index (κ2) is 6.37. The first-order chi connectivity index (χ1) is 9.46. The fraction of sp³-hybridized carbons (Fsp3) is 0.769. The summed E-state index contributed by atoms with van der Waals surface area (Å²) in [6, 6.07) is 0. The van der Waals surface area contributed by atoms with E-state index in [0.717, 1.165) is 18.5 Å². The Bertz CT molecular complexity index is 478. The fourth-order valence-electron chi connectivity index (χ4n) is 2.45. The van der Waals surface area contributed by atoms with Crippen LogP contribution in [0.5, 0.6) is 0 Å². The van der Waals surface area contributed by atoms with Crippen LogP contribution in [-0.2, 0) is 11.2 Å². The van der Waals surface area contributed by atoms with Crippen molar-refractivity contribution in [3.8, 4) is 0 Å². The van der Waals surface area contributed by atoms with Gasteiger partial charge in [-0.25, -0.2) is 0 Å². The van der Waals surface area contributed by atoms with Crippen LogP contribution in [0, 0.1) is 0 Å². The third-order valence-electron chi connectivity index (χ3n) is 3.18. The predicted octanol–water partition coefficient (Wildman–Crippen LogP) is 2.35. The molecule has 1 unspecified atom stereocenters. The number of morpholine rings is 1. The number of hydrogen-bond donors (Lipinski definition) is 0. The number of amides is 1. The highest BCUT2D eigenvalue weighted by Crippen LogP contribution is 2.25. The fourth-order valence-corrected chi connectivity index (χ4v) is 3.28. The number of halogens is 1. The Labute approximate surface area is 128 Å². The zero-order chi connectivity index (χ0) is 14.8. The van der Waals surface area contributed by atoms with E-state index < -0.39 is 0 Å². The first-order valence-corrected chi connectivity index (χ1v) is 8.12. The van der Waals surface area contributed by atoms with E-state index >= 15 is 0 Å². The van der Waals surface area contributed by atoms with Gasteiger partial charge < -0.3 is 9.64 Å². The molecule has 2 heterocycles. The van der Waals surface area contributed by atoms with Gasteiger partial charge in [-0.1, -0.05) is 17.8 Å². The molecule has 1 aromatic heterocycles. The number of hydrogen-bond acceptors (Lipinski definition) is 5. The molecule has 0 N–H and O–H groups in total. The number of carbonyl (C=O) groups excluding carboxylic acids is 1. The molecule has 5 nitrogen and oxygen atoms in total. The van der Waals surface area contributed by atoms with E-state index in [1.165, 1.54) is 11.5 Å². The summed E-state index contributed by atoms with van der Waals surface area (Å²) < 4.78 is 9.76. The van der Waals surface area contributed by atoms with E-state index in [2.05, 4.69) is 16.5 Å². The van der Waals surface area contributed by atoms with Gasteiger partial charge in [0.15, 0.2) is 0 Å². The SMILES string of the molecule is CCCc1nnsc1C(=O)N1CC(CCl)OC(C)(C)C1. The van der Waals surface area contributed by atoms with Crippen LogP contribution in [0.25, 0.3) is 0 Å². The van der Waals surface area contributed by atoms with Crippen LogP contribution in [0.4, 0.5) is 0 Å². The molecule has 0 aromatic carbocycles. The minimum atomic E-state index is -0.378. The minimum Gasteiger partial charge on any atom is -0.367 e. The summed E-state index contributed by atoms with van der Waals surface area (Å²) in [7, 11) is 0. The zero-order valence-corrected chi connectivity index (χ0v) is 13.6. The molecule has 1 fully saturated rings. The average Bonchev–Trinajstić information content (AvgIpc) is 2.84. The lowest BCUT2D eigenvalue weighted by molar-refractivity contribution is -0.117. The Morgan fingerprint density at radius 1 is 1.60 bits per heavy atom. The highest BCUT2D eigenvalue weighted by atomic mass is 35.5. The monoisotopic (exact) mass is 317 g/mol. The van der Waals surface area contributed by atoms with Crippen molar-refractivity contribution in [3.63, 3.8) is 0 Å². The molecule has 1 atom stereocenters. The van der Waals surface area contributed by atoms with Crippen LogP contribution in [0.15, 0.2) is 0 Å². The highest BCUT2D eigenvalue weighted by Gasteiger charge is 2.36. The quantitative estimate of drug-likeness (QED) is 0.800. The van der Waals surface area contributed by atoms with Crippen molar-refractivity contribution in [2.24, 2.45) is 0 Å². The third-order valence-corrected chi connectivity index (χ3v) is 4.28. The Morgan fingerprint density at radius 3 is 3.00 bits per heavy atom. The number of aryl methyl sites for hydroxylation is 1. The number of rotatable bonds is 4. The highest BCUT2D eigenvalue weighted by molar-refractivity contribution is 7.08. The predicted molar refractivity (Wildman–Crippen MR) is 79.5 cm³/mol. The number of carbonyl (C=O) groups is 1. The molecule has 20 heavy (non-hydrogen) atoms. The van der Waals surface area contributed by atoms with Crippen molar-refractivity contribution in [1.82, 2.24) is 14.5 Å². The van der Waals surface area contributed by atoms with Crippen molar-refractivity contribution in [3.05, 3.63) is 10.6 Å². The third kappa shape index (κ3) is 3.48. The molecule has 2 rings (SSSR count). The molecule has 0 saturated carbocycles. The summed E-state index contributed by atoms with van der Waals surface area (Å²) in [5.41, 5.74) is 0.422. The van der Waals surface area contributed by atoms with Crippen LogP contribution in [0.2, 0.25) is 0 Å². The van der Waals surface area contributed by atoms with Gasteiger partial charge in [0.25, 0.3) is 5.91 Å². The maximum absolute atomic E-state index is 12.7. The van der Waals surface area contributed by atoms with Gasteiger partial charge >= 0.3 is 0 Å². The lowest BCUT2D eigenvalue weighted by Crippen LogP contribution is -2.55. The summed E-state index contributed by atoms with van der Waals surface area (Å²) >= 11 is 7.07. The minimum absolute atomic E-state index is 0.00468. The van der Waals surface area contributed by atoms with Crippen LogP contribution >= 0.6 is 23.1 Å². The van der Waals surface area contributed by atoms with E-state index in [-0.39, 0.29) is 17.6 Å². The number of aromatic nitrogens is 2. The molecular weight excluding hydrogens is 298 g/mol. The zero-order valence-electron chi connectivity index (χ0n) is 12.1. The topological polar surface area (TPSA) is 55.3 Å². The molecule has 1 saturated heterocycles. The maximum Gasteiger partial charge on any atom is 0.267 e. The van der Waals surface area contributed by atoms with Crippen molar-refractivity contribution in [2.45, 2.75) is 45.3 Å². The maximum atomic E-state index is 12.7. The van der Waals surface area contributed by atoms with Crippen molar-refractivity contribution < 1.29 is 9.53 Å². The Hall–Kier alpha value is -0.720. The van der Waals surface area contributed by atoms with Crippen LogP contribution in [0.3, 0.4) is 0 Å². The summed E-state index contributed by atoms with van der Waals surface area (Å²) in [5.74, 6) is 0.380. The van der Waals surface area contributed by atoms with Gasteiger partial charge in [0.1, 0.15) is 4.88 Å². The lowest BCUT2D eigenvalue weighted by Gasteiger charge is -2.42. The Kier molecular flexibility index (Phi) is 4.99. The second-order valence-electron chi connectivity index (χ2n) is 5.64. The van der Waals surface area contributed by atoms with Gasteiger partial charge in [-0.05, 0) is 31.8 Å². The van der Waals surface area contributed by atoms with Gasteiger partial charge in [-0.3, -0.25) is 4.79 Å². The van der Waals surface area contributed by atoms with Gasteiger partial charge in [0, 0.05) is 13.1 Å². The second-order valence-corrected chi connectivity index (χ2v) is 6.70. The smallest absolute Gasteiger partial charge is 0.267 e. The van der Waals surface area contributed by atoms with Crippen LogP contribution in [-0.4, -0.2) is 51.1 Å². The van der Waals surface area contributed by atoms with E-state index in [9.17, 15) is 4.79 Å². The number of nitrogens with zero attached hydrogens (tertiary/aromatic N) is 3. The van der Waals surface area contributed by atoms with Crippen molar-refractivity contribution >= 4 is 29.0 Å². The molecule has 0 aliphatic carbocycles. The Balaban J connectivity index is 2.17. The molecule has 0 radical (unpaired) electrons. The first kappa shape index (κ1) is 15.7. The normalized spacial score (nSPS) is 22.0. The van der Waals surface area contributed by atoms with E-state index in [4.69, 9.17) is 16.3 Å². The van der Waals surface area contributed by atoms with Gasteiger partial charge in [0.2, 0.25) is 0 Å². The van der Waals surface area contributed by atoms with E-state index in [1.54, 1.807) is 0 Å². The Morgan fingerprint density at radius 2 is 2.35 bits per heavy atom. The first-order valence-electron chi connectivity index (χ1n) is 6.81. The number of ether oxygens (including phenoxy) is 1. The lowest BCUT2D eigenvalue weighted by atomic mass is 10.0. The van der Waals surface area contributed by atoms with Gasteiger partial charge in [-0.2, -0.15) is 0 Å². The summed E-state index contributed by atoms with van der Waals surface area (Å²) in [4.78, 5) is 15.1. The standard InChI is InChI=1S/C13H20ClN3O2S/c1-4-5-10-11(20-16-15-10)12(18)17-7-9(6-14)19-13(2,3)8-17/h9H,4-8H2,1-3H3. The summed E-state index contributed by atoms with van der Waals surface area (Å²) in [5, 5.41) is 4.06. The molecule has 1 aliphatic heterocycles. The average molecular weight is 318 g/mol. The largest absolute Gasteiger partial charge is 0.367 e. The number of alkyl halides is 1.